The maximum atomic E-state index is 12.5. The number of aromatic nitrogens is 3. The number of anilines is 3. The molecule has 26 heavy (non-hydrogen) atoms. The third kappa shape index (κ3) is 2.73. The molecule has 0 atom stereocenters. The van der Waals surface area contributed by atoms with Gasteiger partial charge in [-0.15, -0.1) is 0 Å². The van der Waals surface area contributed by atoms with Crippen LogP contribution in [0.5, 0.6) is 11.5 Å². The van der Waals surface area contributed by atoms with Gasteiger partial charge in [-0.1, -0.05) is 0 Å². The summed E-state index contributed by atoms with van der Waals surface area (Å²) in [5, 5.41) is 13.4. The second-order valence-corrected chi connectivity index (χ2v) is 5.67. The minimum atomic E-state index is -0.256. The minimum Gasteiger partial charge on any atom is -0.493 e. The third-order valence-corrected chi connectivity index (χ3v) is 4.05. The van der Waals surface area contributed by atoms with Gasteiger partial charge in [-0.3, -0.25) is 4.79 Å². The van der Waals surface area contributed by atoms with Crippen molar-refractivity contribution in [1.29, 1.82) is 0 Å². The van der Waals surface area contributed by atoms with Gasteiger partial charge < -0.3 is 25.4 Å². The summed E-state index contributed by atoms with van der Waals surface area (Å²) in [6.07, 6.45) is 1.51. The van der Waals surface area contributed by atoms with Gasteiger partial charge in [0.25, 0.3) is 5.91 Å². The molecule has 9 nitrogen and oxygen atoms in total. The molecular formula is C17H18N6O3. The van der Waals surface area contributed by atoms with Gasteiger partial charge in [0.05, 0.1) is 19.9 Å². The molecule has 3 aromatic rings. The predicted molar refractivity (Wildman–Crippen MR) is 96.6 cm³/mol. The average molecular weight is 354 g/mol. The van der Waals surface area contributed by atoms with Crippen LogP contribution in [0, 0.1) is 0 Å². The highest BCUT2D eigenvalue weighted by molar-refractivity contribution is 6.00. The predicted octanol–water partition coefficient (Wildman–Crippen LogP) is 1.65. The fourth-order valence-corrected chi connectivity index (χ4v) is 2.80. The number of hydrogen-bond donors (Lipinski definition) is 3. The number of nitrogens with zero attached hydrogens (tertiary/aromatic N) is 3. The first-order valence-electron chi connectivity index (χ1n) is 8.12. The molecule has 4 bridgehead atoms. The van der Waals surface area contributed by atoms with Crippen LogP contribution in [-0.2, 0) is 0 Å². The zero-order valence-corrected chi connectivity index (χ0v) is 14.4. The first kappa shape index (κ1) is 16.0. The van der Waals surface area contributed by atoms with E-state index in [2.05, 4.69) is 26.0 Å². The van der Waals surface area contributed by atoms with Gasteiger partial charge in [0.15, 0.2) is 17.1 Å². The summed E-state index contributed by atoms with van der Waals surface area (Å²) in [6, 6.07) is 7.33. The zero-order valence-electron chi connectivity index (χ0n) is 14.4. The van der Waals surface area contributed by atoms with E-state index in [0.29, 0.717) is 47.5 Å². The van der Waals surface area contributed by atoms with Gasteiger partial charge in [0.1, 0.15) is 23.8 Å². The summed E-state index contributed by atoms with van der Waals surface area (Å²) in [7, 11) is 3.37. The molecule has 9 heteroatoms. The van der Waals surface area contributed by atoms with Crippen LogP contribution in [0.3, 0.4) is 0 Å². The van der Waals surface area contributed by atoms with Crippen LogP contribution in [0.1, 0.15) is 10.4 Å². The van der Waals surface area contributed by atoms with E-state index < -0.39 is 0 Å². The molecule has 1 aliphatic rings. The number of hydrogen-bond acceptors (Lipinski definition) is 7. The molecule has 0 spiro atoms. The molecular weight excluding hydrogens is 336 g/mol. The summed E-state index contributed by atoms with van der Waals surface area (Å²) < 4.78 is 12.7. The minimum absolute atomic E-state index is 0.256. The van der Waals surface area contributed by atoms with Crippen LogP contribution in [-0.4, -0.2) is 47.8 Å². The molecule has 1 amide bonds. The number of ether oxygens (including phenoxy) is 2. The first-order chi connectivity index (χ1) is 12.7. The SMILES string of the molecule is CNc1cc2nc3c(cnn13)C(=O)NCCOc1cc(ccc1OC)N2. The van der Waals surface area contributed by atoms with Crippen molar-refractivity contribution in [2.24, 2.45) is 0 Å². The number of fused-ring (bicyclic) bond motifs is 3. The van der Waals surface area contributed by atoms with Crippen molar-refractivity contribution in [2.75, 3.05) is 37.9 Å². The standard InChI is InChI=1S/C17H18N6O3/c1-18-15-8-14-21-10-3-4-12(25-2)13(7-10)26-6-5-19-17(24)11-9-20-23(15)16(11)22-14/h3-4,7-9,18H,5-6H2,1-2H3,(H,19,24)(H,21,22). The Morgan fingerprint density at radius 2 is 2.23 bits per heavy atom. The second kappa shape index (κ2) is 6.43. The van der Waals surface area contributed by atoms with E-state index in [1.807, 2.05) is 24.3 Å². The van der Waals surface area contributed by atoms with Crippen molar-refractivity contribution >= 4 is 28.9 Å². The van der Waals surface area contributed by atoms with E-state index >= 15 is 0 Å². The Bertz CT molecular complexity index is 984. The smallest absolute Gasteiger partial charge is 0.256 e. The zero-order chi connectivity index (χ0) is 18.1. The number of rotatable bonds is 2. The highest BCUT2D eigenvalue weighted by Crippen LogP contribution is 2.32. The van der Waals surface area contributed by atoms with Crippen molar-refractivity contribution in [3.05, 3.63) is 36.0 Å². The lowest BCUT2D eigenvalue weighted by Gasteiger charge is -2.13. The molecule has 3 heterocycles. The van der Waals surface area contributed by atoms with Crippen LogP contribution in [0.4, 0.5) is 17.3 Å². The summed E-state index contributed by atoms with van der Waals surface area (Å²) in [5.74, 6) is 2.23. The van der Waals surface area contributed by atoms with Crippen LogP contribution in [0.2, 0.25) is 0 Å². The van der Waals surface area contributed by atoms with Gasteiger partial charge in [-0.05, 0) is 12.1 Å². The Balaban J connectivity index is 1.86. The van der Waals surface area contributed by atoms with Gasteiger partial charge >= 0.3 is 0 Å². The largest absolute Gasteiger partial charge is 0.493 e. The van der Waals surface area contributed by atoms with Crippen molar-refractivity contribution in [3.63, 3.8) is 0 Å². The molecule has 0 aliphatic carbocycles. The van der Waals surface area contributed by atoms with Crippen molar-refractivity contribution in [1.82, 2.24) is 19.9 Å². The number of carbonyl (C=O) groups is 1. The molecule has 2 aromatic heterocycles. The number of nitrogens with one attached hydrogen (secondary N) is 3. The molecule has 4 rings (SSSR count). The molecule has 0 radical (unpaired) electrons. The third-order valence-electron chi connectivity index (χ3n) is 4.05. The number of amides is 1. The monoisotopic (exact) mass is 354 g/mol. The van der Waals surface area contributed by atoms with Gasteiger partial charge in [-0.25, -0.2) is 4.98 Å². The highest BCUT2D eigenvalue weighted by Gasteiger charge is 2.18. The van der Waals surface area contributed by atoms with E-state index in [1.54, 1.807) is 18.7 Å². The maximum absolute atomic E-state index is 12.5. The van der Waals surface area contributed by atoms with E-state index in [-0.39, 0.29) is 5.91 Å². The van der Waals surface area contributed by atoms with Crippen molar-refractivity contribution in [3.8, 4) is 11.5 Å². The highest BCUT2D eigenvalue weighted by atomic mass is 16.5. The van der Waals surface area contributed by atoms with Crippen molar-refractivity contribution in [2.45, 2.75) is 0 Å². The van der Waals surface area contributed by atoms with E-state index in [4.69, 9.17) is 9.47 Å². The van der Waals surface area contributed by atoms with E-state index in [9.17, 15) is 4.79 Å². The van der Waals surface area contributed by atoms with Gasteiger partial charge in [0.2, 0.25) is 0 Å². The summed E-state index contributed by atoms with van der Waals surface area (Å²) in [6.45, 7) is 0.651. The van der Waals surface area contributed by atoms with Crippen LogP contribution >= 0.6 is 0 Å². The Morgan fingerprint density at radius 3 is 3.04 bits per heavy atom. The molecule has 1 aliphatic heterocycles. The lowest BCUT2D eigenvalue weighted by molar-refractivity contribution is 0.0948. The van der Waals surface area contributed by atoms with Crippen LogP contribution in [0.15, 0.2) is 30.5 Å². The molecule has 3 N–H and O–H groups in total. The maximum Gasteiger partial charge on any atom is 0.256 e. The summed E-state index contributed by atoms with van der Waals surface area (Å²) in [4.78, 5) is 17.0. The summed E-state index contributed by atoms with van der Waals surface area (Å²) in [5.41, 5.74) is 1.65. The Kier molecular flexibility index (Phi) is 3.96. The number of methoxy groups -OCH3 is 1. The van der Waals surface area contributed by atoms with Crippen LogP contribution < -0.4 is 25.4 Å². The Labute approximate surface area is 149 Å². The molecule has 0 saturated heterocycles. The second-order valence-electron chi connectivity index (χ2n) is 5.67. The Hall–Kier alpha value is -3.49. The molecule has 134 valence electrons. The normalized spacial score (nSPS) is 13.7. The fourth-order valence-electron chi connectivity index (χ4n) is 2.80. The lowest BCUT2D eigenvalue weighted by Crippen LogP contribution is -2.28. The molecule has 0 saturated carbocycles. The quantitative estimate of drug-likeness (QED) is 0.643. The van der Waals surface area contributed by atoms with Gasteiger partial charge in [-0.2, -0.15) is 9.61 Å². The van der Waals surface area contributed by atoms with E-state index in [1.165, 1.54) is 6.20 Å². The lowest BCUT2D eigenvalue weighted by atomic mass is 10.2. The van der Waals surface area contributed by atoms with Crippen LogP contribution in [0.25, 0.3) is 5.65 Å². The first-order valence-corrected chi connectivity index (χ1v) is 8.12. The topological polar surface area (TPSA) is 102 Å². The Morgan fingerprint density at radius 1 is 1.35 bits per heavy atom. The number of benzene rings is 1. The summed E-state index contributed by atoms with van der Waals surface area (Å²) >= 11 is 0. The van der Waals surface area contributed by atoms with Gasteiger partial charge in [0, 0.05) is 24.9 Å². The molecule has 1 aromatic carbocycles. The fraction of sp³-hybridized carbons (Fsp3) is 0.235. The molecule has 0 unspecified atom stereocenters. The van der Waals surface area contributed by atoms with E-state index in [0.717, 1.165) is 5.69 Å². The molecule has 0 fully saturated rings. The van der Waals surface area contributed by atoms with Crippen molar-refractivity contribution < 1.29 is 14.3 Å². The average Bonchev–Trinajstić information content (AvgIpc) is 3.08. The number of carbonyl (C=O) groups excluding carboxylic acids is 1.